The van der Waals surface area contributed by atoms with Gasteiger partial charge in [-0.2, -0.15) is 0 Å². The first-order chi connectivity index (χ1) is 10.8. The Morgan fingerprint density at radius 2 is 2.45 bits per heavy atom. The zero-order valence-corrected chi connectivity index (χ0v) is 12.5. The van der Waals surface area contributed by atoms with Crippen LogP contribution in [0.2, 0.25) is 0 Å². The topological polar surface area (TPSA) is 73.0 Å². The van der Waals surface area contributed by atoms with Crippen molar-refractivity contribution in [2.45, 2.75) is 25.4 Å². The summed E-state index contributed by atoms with van der Waals surface area (Å²) in [7, 11) is 0. The molecule has 0 bridgehead atoms. The SMILES string of the molecule is O=C(NC1CCc2nccn2C1)c1csc(-c2ccco2)n1. The van der Waals surface area contributed by atoms with Crippen LogP contribution in [0.25, 0.3) is 10.8 Å². The highest BCUT2D eigenvalue weighted by Gasteiger charge is 2.22. The Morgan fingerprint density at radius 3 is 3.32 bits per heavy atom. The van der Waals surface area contributed by atoms with Crippen LogP contribution in [0.5, 0.6) is 0 Å². The van der Waals surface area contributed by atoms with Crippen LogP contribution >= 0.6 is 11.3 Å². The van der Waals surface area contributed by atoms with Gasteiger partial charge >= 0.3 is 0 Å². The molecule has 1 N–H and O–H groups in total. The van der Waals surface area contributed by atoms with E-state index in [-0.39, 0.29) is 11.9 Å². The van der Waals surface area contributed by atoms with Crippen molar-refractivity contribution in [1.82, 2.24) is 19.9 Å². The lowest BCUT2D eigenvalue weighted by atomic mass is 10.1. The molecular weight excluding hydrogens is 300 g/mol. The largest absolute Gasteiger partial charge is 0.462 e. The van der Waals surface area contributed by atoms with Crippen LogP contribution in [-0.2, 0) is 13.0 Å². The fourth-order valence-corrected chi connectivity index (χ4v) is 3.40. The molecule has 3 aromatic heterocycles. The fourth-order valence-electron chi connectivity index (χ4n) is 2.64. The van der Waals surface area contributed by atoms with Gasteiger partial charge in [0.2, 0.25) is 0 Å². The quantitative estimate of drug-likeness (QED) is 0.805. The number of amides is 1. The summed E-state index contributed by atoms with van der Waals surface area (Å²) >= 11 is 1.41. The summed E-state index contributed by atoms with van der Waals surface area (Å²) in [6, 6.07) is 3.76. The second-order valence-corrected chi connectivity index (χ2v) is 6.08. The molecule has 4 rings (SSSR count). The zero-order valence-electron chi connectivity index (χ0n) is 11.7. The molecule has 0 spiro atoms. The Bertz CT molecular complexity index is 790. The van der Waals surface area contributed by atoms with Crippen LogP contribution in [0.15, 0.2) is 40.6 Å². The van der Waals surface area contributed by atoms with E-state index in [9.17, 15) is 4.79 Å². The van der Waals surface area contributed by atoms with Gasteiger partial charge in [-0.15, -0.1) is 11.3 Å². The van der Waals surface area contributed by atoms with Gasteiger partial charge in [-0.25, -0.2) is 9.97 Å². The molecule has 1 aliphatic rings. The third-order valence-electron chi connectivity index (χ3n) is 3.74. The maximum Gasteiger partial charge on any atom is 0.271 e. The van der Waals surface area contributed by atoms with Gasteiger partial charge in [0.1, 0.15) is 11.5 Å². The minimum absolute atomic E-state index is 0.114. The van der Waals surface area contributed by atoms with Crippen LogP contribution < -0.4 is 5.32 Å². The van der Waals surface area contributed by atoms with Crippen molar-refractivity contribution in [3.8, 4) is 10.8 Å². The van der Waals surface area contributed by atoms with Gasteiger partial charge in [-0.05, 0) is 18.6 Å². The molecule has 0 radical (unpaired) electrons. The number of carbonyl (C=O) groups excluding carboxylic acids is 1. The summed E-state index contributed by atoms with van der Waals surface area (Å²) in [6.45, 7) is 0.760. The number of nitrogens with zero attached hydrogens (tertiary/aromatic N) is 3. The van der Waals surface area contributed by atoms with Crippen molar-refractivity contribution in [2.75, 3.05) is 0 Å². The molecule has 0 fully saturated rings. The lowest BCUT2D eigenvalue weighted by Crippen LogP contribution is -2.41. The van der Waals surface area contributed by atoms with E-state index in [0.29, 0.717) is 11.5 Å². The molecular formula is C15H14N4O2S. The number of thiazole rings is 1. The smallest absolute Gasteiger partial charge is 0.271 e. The lowest BCUT2D eigenvalue weighted by molar-refractivity contribution is 0.0923. The minimum Gasteiger partial charge on any atom is -0.462 e. The van der Waals surface area contributed by atoms with Gasteiger partial charge in [0, 0.05) is 36.8 Å². The third-order valence-corrected chi connectivity index (χ3v) is 4.60. The molecule has 0 aromatic carbocycles. The molecule has 1 amide bonds. The number of carbonyl (C=O) groups is 1. The molecule has 6 nitrogen and oxygen atoms in total. The molecule has 112 valence electrons. The van der Waals surface area contributed by atoms with Crippen molar-refractivity contribution in [3.63, 3.8) is 0 Å². The first kappa shape index (κ1) is 13.3. The van der Waals surface area contributed by atoms with Crippen molar-refractivity contribution < 1.29 is 9.21 Å². The molecule has 3 aromatic rings. The van der Waals surface area contributed by atoms with E-state index >= 15 is 0 Å². The minimum atomic E-state index is -0.136. The van der Waals surface area contributed by atoms with Gasteiger partial charge < -0.3 is 14.3 Å². The van der Waals surface area contributed by atoms with Crippen LogP contribution in [0, 0.1) is 0 Å². The number of aryl methyl sites for hydroxylation is 1. The predicted octanol–water partition coefficient (Wildman–Crippen LogP) is 2.34. The third kappa shape index (κ3) is 2.43. The average molecular weight is 314 g/mol. The fraction of sp³-hybridized carbons (Fsp3) is 0.267. The highest BCUT2D eigenvalue weighted by atomic mass is 32.1. The van der Waals surface area contributed by atoms with E-state index in [1.807, 2.05) is 12.3 Å². The van der Waals surface area contributed by atoms with Crippen LogP contribution in [0.4, 0.5) is 0 Å². The summed E-state index contributed by atoms with van der Waals surface area (Å²) in [5.74, 6) is 1.63. The van der Waals surface area contributed by atoms with E-state index in [1.165, 1.54) is 11.3 Å². The monoisotopic (exact) mass is 314 g/mol. The first-order valence-electron chi connectivity index (χ1n) is 7.10. The highest BCUT2D eigenvalue weighted by molar-refractivity contribution is 7.13. The number of nitrogens with one attached hydrogen (secondary N) is 1. The Kier molecular flexibility index (Phi) is 3.27. The number of hydrogen-bond donors (Lipinski definition) is 1. The second kappa shape index (κ2) is 5.42. The van der Waals surface area contributed by atoms with Crippen molar-refractivity contribution >= 4 is 17.2 Å². The number of imidazole rings is 1. The number of rotatable bonds is 3. The number of fused-ring (bicyclic) bond motifs is 1. The Morgan fingerprint density at radius 1 is 1.50 bits per heavy atom. The van der Waals surface area contributed by atoms with Gasteiger partial charge in [-0.1, -0.05) is 0 Å². The average Bonchev–Trinajstić information content (AvgIpc) is 3.26. The molecule has 1 aliphatic heterocycles. The van der Waals surface area contributed by atoms with Crippen molar-refractivity contribution in [1.29, 1.82) is 0 Å². The van der Waals surface area contributed by atoms with Crippen LogP contribution in [0.1, 0.15) is 22.7 Å². The van der Waals surface area contributed by atoms with Crippen molar-refractivity contribution in [3.05, 3.63) is 47.7 Å². The molecule has 1 atom stereocenters. The van der Waals surface area contributed by atoms with Crippen LogP contribution in [-0.4, -0.2) is 26.5 Å². The molecule has 1 unspecified atom stereocenters. The Balaban J connectivity index is 1.45. The molecule has 0 saturated heterocycles. The maximum atomic E-state index is 12.3. The van der Waals surface area contributed by atoms with E-state index in [2.05, 4.69) is 19.9 Å². The van der Waals surface area contributed by atoms with E-state index in [0.717, 1.165) is 30.2 Å². The normalized spacial score (nSPS) is 17.2. The van der Waals surface area contributed by atoms with Gasteiger partial charge in [0.05, 0.1) is 6.26 Å². The number of hydrogen-bond acceptors (Lipinski definition) is 5. The van der Waals surface area contributed by atoms with Gasteiger partial charge in [0.25, 0.3) is 5.91 Å². The molecule has 0 aliphatic carbocycles. The standard InChI is InChI=1S/C15H14N4O2S/c20-14(11-9-22-15(18-11)12-2-1-7-21-12)17-10-3-4-13-16-5-6-19(13)8-10/h1-2,5-7,9-10H,3-4,8H2,(H,17,20). The first-order valence-corrected chi connectivity index (χ1v) is 7.98. The summed E-state index contributed by atoms with van der Waals surface area (Å²) in [6.07, 6.45) is 7.13. The summed E-state index contributed by atoms with van der Waals surface area (Å²) < 4.78 is 7.39. The molecule has 7 heteroatoms. The van der Waals surface area contributed by atoms with E-state index in [1.54, 1.807) is 23.9 Å². The Labute approximate surface area is 130 Å². The number of furan rings is 1. The maximum absolute atomic E-state index is 12.3. The summed E-state index contributed by atoms with van der Waals surface area (Å²) in [5, 5.41) is 5.53. The lowest BCUT2D eigenvalue weighted by Gasteiger charge is -2.24. The summed E-state index contributed by atoms with van der Waals surface area (Å²) in [5.41, 5.74) is 0.438. The highest BCUT2D eigenvalue weighted by Crippen LogP contribution is 2.24. The van der Waals surface area contributed by atoms with Gasteiger partial charge in [-0.3, -0.25) is 4.79 Å². The van der Waals surface area contributed by atoms with Gasteiger partial charge in [0.15, 0.2) is 10.8 Å². The molecule has 0 saturated carbocycles. The van der Waals surface area contributed by atoms with Crippen molar-refractivity contribution in [2.24, 2.45) is 0 Å². The molecule has 4 heterocycles. The predicted molar refractivity (Wildman–Crippen MR) is 81.6 cm³/mol. The zero-order chi connectivity index (χ0) is 14.9. The number of aromatic nitrogens is 3. The van der Waals surface area contributed by atoms with Crippen LogP contribution in [0.3, 0.4) is 0 Å². The second-order valence-electron chi connectivity index (χ2n) is 5.22. The van der Waals surface area contributed by atoms with E-state index in [4.69, 9.17) is 4.42 Å². The Hall–Kier alpha value is -2.41. The van der Waals surface area contributed by atoms with E-state index < -0.39 is 0 Å². The summed E-state index contributed by atoms with van der Waals surface area (Å²) in [4.78, 5) is 21.0. The molecule has 22 heavy (non-hydrogen) atoms.